The fraction of sp³-hybridized carbons (Fsp3) is 0.400. The van der Waals surface area contributed by atoms with Crippen molar-refractivity contribution in [1.82, 2.24) is 15.5 Å². The first-order chi connectivity index (χ1) is 7.24. The molecule has 0 radical (unpaired) electrons. The van der Waals surface area contributed by atoms with E-state index in [1.54, 1.807) is 11.3 Å². The quantitative estimate of drug-likeness (QED) is 0.861. The van der Waals surface area contributed by atoms with Gasteiger partial charge in [0.05, 0.1) is 13.1 Å². The maximum Gasteiger partial charge on any atom is 0.131 e. The van der Waals surface area contributed by atoms with Crippen molar-refractivity contribution < 1.29 is 4.42 Å². The van der Waals surface area contributed by atoms with Crippen molar-refractivity contribution in [2.24, 2.45) is 0 Å². The van der Waals surface area contributed by atoms with Crippen molar-refractivity contribution in [2.45, 2.75) is 26.9 Å². The fourth-order valence-corrected chi connectivity index (χ4v) is 1.96. The van der Waals surface area contributed by atoms with Crippen molar-refractivity contribution in [2.75, 3.05) is 0 Å². The summed E-state index contributed by atoms with van der Waals surface area (Å²) in [7, 11) is 0. The molecule has 0 atom stereocenters. The summed E-state index contributed by atoms with van der Waals surface area (Å²) in [6.45, 7) is 5.37. The number of rotatable bonds is 4. The zero-order chi connectivity index (χ0) is 10.7. The molecule has 0 spiro atoms. The molecule has 0 aliphatic rings. The Bertz CT molecular complexity index is 395. The van der Waals surface area contributed by atoms with Gasteiger partial charge in [-0.15, -0.1) is 21.5 Å². The van der Waals surface area contributed by atoms with Crippen LogP contribution < -0.4 is 5.32 Å². The molecule has 15 heavy (non-hydrogen) atoms. The summed E-state index contributed by atoms with van der Waals surface area (Å²) in [6, 6.07) is 3.94. The monoisotopic (exact) mass is 223 g/mol. The van der Waals surface area contributed by atoms with Crippen LogP contribution in [0.1, 0.15) is 21.5 Å². The molecule has 2 aromatic heterocycles. The first-order valence-corrected chi connectivity index (χ1v) is 5.61. The Kier molecular flexibility index (Phi) is 3.13. The molecule has 4 nitrogen and oxygen atoms in total. The Morgan fingerprint density at radius 1 is 1.27 bits per heavy atom. The van der Waals surface area contributed by atoms with Crippen molar-refractivity contribution in [3.05, 3.63) is 33.7 Å². The number of aryl methyl sites for hydroxylation is 2. The van der Waals surface area contributed by atoms with Crippen LogP contribution in [0.2, 0.25) is 0 Å². The lowest BCUT2D eigenvalue weighted by molar-refractivity contribution is 0.461. The van der Waals surface area contributed by atoms with Gasteiger partial charge in [0.15, 0.2) is 0 Å². The lowest BCUT2D eigenvalue weighted by atomic mass is 10.4. The van der Waals surface area contributed by atoms with Crippen LogP contribution in [0.25, 0.3) is 0 Å². The molecule has 0 unspecified atom stereocenters. The van der Waals surface area contributed by atoms with Crippen molar-refractivity contribution >= 4 is 11.3 Å². The predicted molar refractivity (Wildman–Crippen MR) is 58.6 cm³/mol. The van der Waals surface area contributed by atoms with Gasteiger partial charge in [0.25, 0.3) is 0 Å². The van der Waals surface area contributed by atoms with E-state index in [0.29, 0.717) is 0 Å². The van der Waals surface area contributed by atoms with Crippen LogP contribution in [-0.2, 0) is 13.1 Å². The highest BCUT2D eigenvalue weighted by Gasteiger charge is 2.01. The normalized spacial score (nSPS) is 10.8. The molecule has 0 aliphatic carbocycles. The predicted octanol–water partition coefficient (Wildman–Crippen LogP) is 2.04. The second-order valence-corrected chi connectivity index (χ2v) is 4.60. The third-order valence-corrected chi connectivity index (χ3v) is 2.78. The second-order valence-electron chi connectivity index (χ2n) is 3.33. The minimum absolute atomic E-state index is 0.729. The molecule has 0 saturated carbocycles. The molecule has 2 aromatic rings. The number of nitrogens with one attached hydrogen (secondary N) is 1. The van der Waals surface area contributed by atoms with E-state index in [-0.39, 0.29) is 0 Å². The minimum atomic E-state index is 0.729. The van der Waals surface area contributed by atoms with Gasteiger partial charge in [0, 0.05) is 0 Å². The van der Waals surface area contributed by atoms with E-state index in [9.17, 15) is 0 Å². The molecule has 2 heterocycles. The van der Waals surface area contributed by atoms with E-state index >= 15 is 0 Å². The summed E-state index contributed by atoms with van der Waals surface area (Å²) in [5, 5.41) is 13.2. The zero-order valence-electron chi connectivity index (χ0n) is 8.78. The third kappa shape index (κ3) is 2.87. The third-order valence-electron chi connectivity index (χ3n) is 1.94. The zero-order valence-corrected chi connectivity index (χ0v) is 9.60. The van der Waals surface area contributed by atoms with Gasteiger partial charge in [-0.05, 0) is 26.0 Å². The van der Waals surface area contributed by atoms with Crippen LogP contribution in [0.4, 0.5) is 0 Å². The SMILES string of the molecule is Cc1ccc(CNCc2nnc(C)s2)o1. The molecule has 0 amide bonds. The van der Waals surface area contributed by atoms with Gasteiger partial charge in [-0.1, -0.05) is 0 Å². The van der Waals surface area contributed by atoms with Crippen LogP contribution in [0.3, 0.4) is 0 Å². The lowest BCUT2D eigenvalue weighted by Gasteiger charge is -1.98. The van der Waals surface area contributed by atoms with Crippen LogP contribution in [0, 0.1) is 13.8 Å². The molecule has 0 aliphatic heterocycles. The van der Waals surface area contributed by atoms with Gasteiger partial charge >= 0.3 is 0 Å². The van der Waals surface area contributed by atoms with E-state index in [2.05, 4.69) is 15.5 Å². The molecule has 5 heteroatoms. The van der Waals surface area contributed by atoms with Crippen LogP contribution >= 0.6 is 11.3 Å². The maximum atomic E-state index is 5.43. The Hall–Kier alpha value is -1.20. The molecule has 0 aromatic carbocycles. The number of hydrogen-bond acceptors (Lipinski definition) is 5. The van der Waals surface area contributed by atoms with E-state index in [1.807, 2.05) is 26.0 Å². The molecular weight excluding hydrogens is 210 g/mol. The number of furan rings is 1. The molecule has 1 N–H and O–H groups in total. The summed E-state index contributed by atoms with van der Waals surface area (Å²) in [5.74, 6) is 1.90. The molecule has 0 saturated heterocycles. The topological polar surface area (TPSA) is 51.0 Å². The summed E-state index contributed by atoms with van der Waals surface area (Å²) < 4.78 is 5.43. The molecule has 0 bridgehead atoms. The lowest BCUT2D eigenvalue weighted by Crippen LogP contribution is -2.11. The summed E-state index contributed by atoms with van der Waals surface area (Å²) >= 11 is 1.61. The van der Waals surface area contributed by atoms with Crippen molar-refractivity contribution in [1.29, 1.82) is 0 Å². The standard InChI is InChI=1S/C10H13N3OS/c1-7-3-4-9(14-7)5-11-6-10-13-12-8(2)15-10/h3-4,11H,5-6H2,1-2H3. The van der Waals surface area contributed by atoms with Crippen molar-refractivity contribution in [3.8, 4) is 0 Å². The Balaban J connectivity index is 1.80. The van der Waals surface area contributed by atoms with Gasteiger partial charge < -0.3 is 9.73 Å². The molecule has 2 rings (SSSR count). The first-order valence-electron chi connectivity index (χ1n) is 4.79. The Morgan fingerprint density at radius 3 is 2.73 bits per heavy atom. The van der Waals surface area contributed by atoms with E-state index < -0.39 is 0 Å². The average Bonchev–Trinajstić information content (AvgIpc) is 2.76. The van der Waals surface area contributed by atoms with E-state index in [4.69, 9.17) is 4.42 Å². The van der Waals surface area contributed by atoms with Crippen molar-refractivity contribution in [3.63, 3.8) is 0 Å². The fourth-order valence-electron chi connectivity index (χ4n) is 1.28. The van der Waals surface area contributed by atoms with Crippen LogP contribution in [-0.4, -0.2) is 10.2 Å². The van der Waals surface area contributed by atoms with Gasteiger partial charge in [-0.25, -0.2) is 0 Å². The molecule has 80 valence electrons. The number of nitrogens with zero attached hydrogens (tertiary/aromatic N) is 2. The second kappa shape index (κ2) is 4.55. The highest BCUT2D eigenvalue weighted by atomic mass is 32.1. The molecule has 0 fully saturated rings. The highest BCUT2D eigenvalue weighted by molar-refractivity contribution is 7.11. The van der Waals surface area contributed by atoms with Crippen LogP contribution in [0.5, 0.6) is 0 Å². The number of aromatic nitrogens is 2. The van der Waals surface area contributed by atoms with Crippen LogP contribution in [0.15, 0.2) is 16.5 Å². The van der Waals surface area contributed by atoms with Gasteiger partial charge in [0.2, 0.25) is 0 Å². The Morgan fingerprint density at radius 2 is 2.13 bits per heavy atom. The molecular formula is C10H13N3OS. The first kappa shape index (κ1) is 10.3. The maximum absolute atomic E-state index is 5.43. The average molecular weight is 223 g/mol. The Labute approximate surface area is 92.3 Å². The highest BCUT2D eigenvalue weighted by Crippen LogP contribution is 2.09. The number of hydrogen-bond donors (Lipinski definition) is 1. The van der Waals surface area contributed by atoms with Gasteiger partial charge in [-0.3, -0.25) is 0 Å². The summed E-state index contributed by atoms with van der Waals surface area (Å²) in [6.07, 6.45) is 0. The van der Waals surface area contributed by atoms with E-state index in [0.717, 1.165) is 34.6 Å². The minimum Gasteiger partial charge on any atom is -0.465 e. The van der Waals surface area contributed by atoms with Gasteiger partial charge in [-0.2, -0.15) is 0 Å². The smallest absolute Gasteiger partial charge is 0.131 e. The summed E-state index contributed by atoms with van der Waals surface area (Å²) in [5.41, 5.74) is 0. The van der Waals surface area contributed by atoms with E-state index in [1.165, 1.54) is 0 Å². The van der Waals surface area contributed by atoms with Gasteiger partial charge in [0.1, 0.15) is 21.5 Å². The largest absolute Gasteiger partial charge is 0.465 e. The summed E-state index contributed by atoms with van der Waals surface area (Å²) in [4.78, 5) is 0.